The van der Waals surface area contributed by atoms with Gasteiger partial charge in [-0.15, -0.1) is 0 Å². The SMILES string of the molecule is NC(Cc1c(F)cc(F)cc1F)c1ccc(Cl)nc1. The number of nitrogens with zero attached hydrogens (tertiary/aromatic N) is 1. The molecule has 100 valence electrons. The highest BCUT2D eigenvalue weighted by Gasteiger charge is 2.16. The van der Waals surface area contributed by atoms with Crippen LogP contribution in [0.1, 0.15) is 17.2 Å². The molecule has 1 aromatic heterocycles. The van der Waals surface area contributed by atoms with Gasteiger partial charge < -0.3 is 5.73 Å². The third kappa shape index (κ3) is 3.24. The Bertz CT molecular complexity index is 564. The second kappa shape index (κ2) is 5.59. The predicted molar refractivity (Wildman–Crippen MR) is 66.2 cm³/mol. The topological polar surface area (TPSA) is 38.9 Å². The quantitative estimate of drug-likeness (QED) is 0.879. The molecule has 0 spiro atoms. The summed E-state index contributed by atoms with van der Waals surface area (Å²) < 4.78 is 39.7. The Morgan fingerprint density at radius 1 is 1.16 bits per heavy atom. The van der Waals surface area contributed by atoms with Crippen LogP contribution < -0.4 is 5.73 Å². The molecule has 1 heterocycles. The lowest BCUT2D eigenvalue weighted by molar-refractivity contribution is 0.513. The molecule has 0 saturated heterocycles. The van der Waals surface area contributed by atoms with Gasteiger partial charge in [0.2, 0.25) is 0 Å². The summed E-state index contributed by atoms with van der Waals surface area (Å²) in [7, 11) is 0. The Morgan fingerprint density at radius 3 is 2.32 bits per heavy atom. The van der Waals surface area contributed by atoms with Gasteiger partial charge in [0.05, 0.1) is 0 Å². The van der Waals surface area contributed by atoms with Crippen LogP contribution in [-0.4, -0.2) is 4.98 Å². The van der Waals surface area contributed by atoms with Gasteiger partial charge >= 0.3 is 0 Å². The molecule has 19 heavy (non-hydrogen) atoms. The smallest absolute Gasteiger partial charge is 0.132 e. The lowest BCUT2D eigenvalue weighted by Crippen LogP contribution is -2.15. The zero-order valence-electron chi connectivity index (χ0n) is 9.71. The fourth-order valence-electron chi connectivity index (χ4n) is 1.71. The summed E-state index contributed by atoms with van der Waals surface area (Å²) in [5.74, 6) is -2.86. The molecule has 1 unspecified atom stereocenters. The van der Waals surface area contributed by atoms with Gasteiger partial charge in [0.25, 0.3) is 0 Å². The van der Waals surface area contributed by atoms with E-state index < -0.39 is 23.5 Å². The van der Waals surface area contributed by atoms with Gasteiger partial charge in [-0.2, -0.15) is 0 Å². The van der Waals surface area contributed by atoms with Gasteiger partial charge in [-0.3, -0.25) is 0 Å². The highest BCUT2D eigenvalue weighted by atomic mass is 35.5. The lowest BCUT2D eigenvalue weighted by atomic mass is 10.0. The number of halogens is 4. The molecule has 2 aromatic rings. The number of nitrogens with two attached hydrogens (primary N) is 1. The number of hydrogen-bond donors (Lipinski definition) is 1. The molecule has 0 fully saturated rings. The van der Waals surface area contributed by atoms with Crippen LogP contribution in [0.25, 0.3) is 0 Å². The molecule has 0 aliphatic rings. The molecule has 1 atom stereocenters. The fourth-order valence-corrected chi connectivity index (χ4v) is 1.82. The van der Waals surface area contributed by atoms with E-state index >= 15 is 0 Å². The zero-order valence-corrected chi connectivity index (χ0v) is 10.5. The van der Waals surface area contributed by atoms with E-state index in [1.807, 2.05) is 0 Å². The van der Waals surface area contributed by atoms with E-state index in [-0.39, 0.29) is 12.0 Å². The largest absolute Gasteiger partial charge is 0.324 e. The first-order valence-electron chi connectivity index (χ1n) is 5.48. The third-order valence-corrected chi connectivity index (χ3v) is 2.93. The fraction of sp³-hybridized carbons (Fsp3) is 0.154. The van der Waals surface area contributed by atoms with Crippen LogP contribution in [0.4, 0.5) is 13.2 Å². The standard InChI is InChI=1S/C13H10ClF3N2/c14-13-2-1-7(6-19-13)12(18)5-9-10(16)3-8(15)4-11(9)17/h1-4,6,12H,5,18H2. The molecule has 6 heteroatoms. The zero-order chi connectivity index (χ0) is 14.0. The van der Waals surface area contributed by atoms with Crippen molar-refractivity contribution < 1.29 is 13.2 Å². The maximum Gasteiger partial charge on any atom is 0.132 e. The van der Waals surface area contributed by atoms with Gasteiger partial charge in [0, 0.05) is 29.9 Å². The molecule has 0 amide bonds. The molecule has 0 aliphatic heterocycles. The van der Waals surface area contributed by atoms with Crippen molar-refractivity contribution in [2.75, 3.05) is 0 Å². The average molecular weight is 287 g/mol. The highest BCUT2D eigenvalue weighted by molar-refractivity contribution is 6.29. The van der Waals surface area contributed by atoms with E-state index in [1.54, 1.807) is 6.07 Å². The molecule has 0 aliphatic carbocycles. The Morgan fingerprint density at radius 2 is 1.79 bits per heavy atom. The molecule has 0 saturated carbocycles. The van der Waals surface area contributed by atoms with E-state index in [0.717, 1.165) is 0 Å². The number of benzene rings is 1. The van der Waals surface area contributed by atoms with E-state index in [9.17, 15) is 13.2 Å². The monoisotopic (exact) mass is 286 g/mol. The first-order chi connectivity index (χ1) is 8.97. The maximum atomic E-state index is 13.5. The Labute approximate surface area is 113 Å². The summed E-state index contributed by atoms with van der Waals surface area (Å²) in [5, 5.41) is 0.301. The minimum Gasteiger partial charge on any atom is -0.324 e. The van der Waals surface area contributed by atoms with Gasteiger partial charge in [-0.25, -0.2) is 18.2 Å². The van der Waals surface area contributed by atoms with Crippen LogP contribution in [0.3, 0.4) is 0 Å². The summed E-state index contributed by atoms with van der Waals surface area (Å²) in [5.41, 5.74) is 6.19. The van der Waals surface area contributed by atoms with Crippen molar-refractivity contribution in [3.63, 3.8) is 0 Å². The number of hydrogen-bond acceptors (Lipinski definition) is 2. The second-order valence-electron chi connectivity index (χ2n) is 4.07. The third-order valence-electron chi connectivity index (χ3n) is 2.71. The summed E-state index contributed by atoms with van der Waals surface area (Å²) in [6.07, 6.45) is 1.34. The Hall–Kier alpha value is -1.59. The molecule has 1 aromatic carbocycles. The van der Waals surface area contributed by atoms with Crippen molar-refractivity contribution in [2.45, 2.75) is 12.5 Å². The van der Waals surface area contributed by atoms with Crippen molar-refractivity contribution >= 4 is 11.6 Å². The molecule has 2 N–H and O–H groups in total. The van der Waals surface area contributed by atoms with E-state index in [0.29, 0.717) is 22.8 Å². The van der Waals surface area contributed by atoms with Crippen LogP contribution in [0.2, 0.25) is 5.15 Å². The van der Waals surface area contributed by atoms with Crippen LogP contribution in [0.5, 0.6) is 0 Å². The summed E-state index contributed by atoms with van der Waals surface area (Å²) in [6.45, 7) is 0. The summed E-state index contributed by atoms with van der Waals surface area (Å²) in [4.78, 5) is 3.84. The highest BCUT2D eigenvalue weighted by Crippen LogP contribution is 2.21. The molecule has 0 radical (unpaired) electrons. The molecule has 0 bridgehead atoms. The van der Waals surface area contributed by atoms with Crippen molar-refractivity contribution in [3.05, 3.63) is 64.2 Å². The Kier molecular flexibility index (Phi) is 4.07. The Balaban J connectivity index is 2.24. The average Bonchev–Trinajstić information content (AvgIpc) is 2.34. The second-order valence-corrected chi connectivity index (χ2v) is 4.46. The van der Waals surface area contributed by atoms with Gasteiger partial charge in [0.1, 0.15) is 22.6 Å². The molecule has 2 nitrogen and oxygen atoms in total. The van der Waals surface area contributed by atoms with Crippen LogP contribution in [0, 0.1) is 17.5 Å². The van der Waals surface area contributed by atoms with Crippen molar-refractivity contribution in [1.29, 1.82) is 0 Å². The number of pyridine rings is 1. The van der Waals surface area contributed by atoms with Crippen molar-refractivity contribution in [1.82, 2.24) is 4.98 Å². The van der Waals surface area contributed by atoms with Crippen LogP contribution in [0.15, 0.2) is 30.5 Å². The van der Waals surface area contributed by atoms with Gasteiger partial charge in [-0.05, 0) is 18.1 Å². The first-order valence-corrected chi connectivity index (χ1v) is 5.85. The van der Waals surface area contributed by atoms with Gasteiger partial charge in [-0.1, -0.05) is 17.7 Å². The number of aromatic nitrogens is 1. The van der Waals surface area contributed by atoms with Crippen molar-refractivity contribution in [3.8, 4) is 0 Å². The van der Waals surface area contributed by atoms with E-state index in [1.165, 1.54) is 12.3 Å². The minimum atomic E-state index is -0.958. The van der Waals surface area contributed by atoms with E-state index in [4.69, 9.17) is 17.3 Å². The number of rotatable bonds is 3. The minimum absolute atomic E-state index is 0.0960. The summed E-state index contributed by atoms with van der Waals surface area (Å²) in [6, 6.07) is 3.77. The van der Waals surface area contributed by atoms with Crippen molar-refractivity contribution in [2.24, 2.45) is 5.73 Å². The lowest BCUT2D eigenvalue weighted by Gasteiger charge is -2.13. The molecular formula is C13H10ClF3N2. The predicted octanol–water partition coefficient (Wildman–Crippen LogP) is 3.39. The molecular weight excluding hydrogens is 277 g/mol. The van der Waals surface area contributed by atoms with Crippen LogP contribution >= 0.6 is 11.6 Å². The summed E-state index contributed by atoms with van der Waals surface area (Å²) >= 11 is 5.63. The maximum absolute atomic E-state index is 13.5. The molecule has 2 rings (SSSR count). The van der Waals surface area contributed by atoms with Gasteiger partial charge in [0.15, 0.2) is 0 Å². The van der Waals surface area contributed by atoms with E-state index in [2.05, 4.69) is 4.98 Å². The van der Waals surface area contributed by atoms with Crippen LogP contribution in [-0.2, 0) is 6.42 Å². The normalized spacial score (nSPS) is 12.5. The first kappa shape index (κ1) is 13.8.